The topological polar surface area (TPSA) is 19.4 Å². The van der Waals surface area contributed by atoms with Crippen molar-refractivity contribution in [1.29, 1.82) is 0 Å². The first kappa shape index (κ1) is 13.3. The molecule has 3 heteroatoms. The number of nitrogens with zero attached hydrogens (tertiary/aromatic N) is 3. The van der Waals surface area contributed by atoms with Crippen LogP contribution in [0.3, 0.4) is 0 Å². The molecule has 0 aromatic carbocycles. The first-order chi connectivity index (χ1) is 8.74. The second-order valence-corrected chi connectivity index (χ2v) is 5.36. The normalized spacial score (nSPS) is 20.3. The predicted molar refractivity (Wildman–Crippen MR) is 77.0 cm³/mol. The van der Waals surface area contributed by atoms with Gasteiger partial charge >= 0.3 is 0 Å². The highest BCUT2D eigenvalue weighted by Crippen LogP contribution is 2.35. The monoisotopic (exact) mass is 247 g/mol. The molecule has 1 unspecified atom stereocenters. The molecule has 1 aliphatic rings. The number of hydrogen-bond donors (Lipinski definition) is 0. The maximum atomic E-state index is 4.54. The van der Waals surface area contributed by atoms with Crippen LogP contribution in [0.2, 0.25) is 0 Å². The highest BCUT2D eigenvalue weighted by molar-refractivity contribution is 5.47. The van der Waals surface area contributed by atoms with Crippen molar-refractivity contribution in [2.75, 3.05) is 32.1 Å². The molecule has 1 saturated heterocycles. The van der Waals surface area contributed by atoms with Crippen molar-refractivity contribution >= 4 is 5.82 Å². The van der Waals surface area contributed by atoms with E-state index in [1.54, 1.807) is 0 Å². The summed E-state index contributed by atoms with van der Waals surface area (Å²) in [6.45, 7) is 4.73. The summed E-state index contributed by atoms with van der Waals surface area (Å²) in [6, 6.07) is 4.89. The number of hydrogen-bond acceptors (Lipinski definition) is 3. The van der Waals surface area contributed by atoms with E-state index in [0.717, 1.165) is 5.82 Å². The van der Waals surface area contributed by atoms with Gasteiger partial charge in [0.15, 0.2) is 0 Å². The fraction of sp³-hybridized carbons (Fsp3) is 0.667. The average Bonchev–Trinajstić information content (AvgIpc) is 2.84. The van der Waals surface area contributed by atoms with E-state index < -0.39 is 0 Å². The number of unbranched alkanes of at least 4 members (excludes halogenated alkanes) is 1. The molecule has 1 aromatic heterocycles. The zero-order valence-electron chi connectivity index (χ0n) is 11.9. The molecule has 2 heterocycles. The third-order valence-electron chi connectivity index (χ3n) is 3.76. The van der Waals surface area contributed by atoms with E-state index in [-0.39, 0.29) is 0 Å². The summed E-state index contributed by atoms with van der Waals surface area (Å²) in [4.78, 5) is 9.30. The van der Waals surface area contributed by atoms with Crippen LogP contribution in [0.25, 0.3) is 0 Å². The smallest absolute Gasteiger partial charge is 0.132 e. The molecule has 2 rings (SSSR count). The molecule has 1 atom stereocenters. The molecule has 0 saturated carbocycles. The van der Waals surface area contributed by atoms with Gasteiger partial charge in [0.2, 0.25) is 0 Å². The van der Waals surface area contributed by atoms with E-state index in [0.29, 0.717) is 6.04 Å². The molecule has 18 heavy (non-hydrogen) atoms. The summed E-state index contributed by atoms with van der Waals surface area (Å²) < 4.78 is 0. The largest absolute Gasteiger partial charge is 0.362 e. The molecule has 3 nitrogen and oxygen atoms in total. The minimum atomic E-state index is 0.572. The van der Waals surface area contributed by atoms with Gasteiger partial charge in [-0.15, -0.1) is 0 Å². The summed E-state index contributed by atoms with van der Waals surface area (Å²) in [7, 11) is 4.16. The molecule has 0 N–H and O–H groups in total. The van der Waals surface area contributed by atoms with Crippen LogP contribution in [0.5, 0.6) is 0 Å². The van der Waals surface area contributed by atoms with E-state index in [9.17, 15) is 0 Å². The minimum absolute atomic E-state index is 0.572. The van der Waals surface area contributed by atoms with Gasteiger partial charge in [-0.3, -0.25) is 4.90 Å². The van der Waals surface area contributed by atoms with Gasteiger partial charge in [0.05, 0.1) is 0 Å². The third kappa shape index (κ3) is 2.83. The summed E-state index contributed by atoms with van der Waals surface area (Å²) in [5.74, 6) is 1.13. The molecule has 0 spiro atoms. The van der Waals surface area contributed by atoms with Gasteiger partial charge in [-0.1, -0.05) is 19.4 Å². The lowest BCUT2D eigenvalue weighted by molar-refractivity contribution is 0.253. The van der Waals surface area contributed by atoms with Crippen LogP contribution in [0.1, 0.15) is 44.2 Å². The molecule has 0 aliphatic carbocycles. The molecular weight excluding hydrogens is 222 g/mol. The van der Waals surface area contributed by atoms with Gasteiger partial charge in [-0.05, 0) is 38.4 Å². The minimum Gasteiger partial charge on any atom is -0.362 e. The van der Waals surface area contributed by atoms with Gasteiger partial charge in [0.25, 0.3) is 0 Å². The number of pyridine rings is 1. The van der Waals surface area contributed by atoms with Crippen molar-refractivity contribution in [2.45, 2.75) is 38.6 Å². The van der Waals surface area contributed by atoms with E-state index in [1.807, 2.05) is 6.20 Å². The van der Waals surface area contributed by atoms with E-state index >= 15 is 0 Å². The lowest BCUT2D eigenvalue weighted by Gasteiger charge is -2.27. The van der Waals surface area contributed by atoms with Gasteiger partial charge in [0, 0.05) is 31.9 Å². The fourth-order valence-electron chi connectivity index (χ4n) is 2.85. The van der Waals surface area contributed by atoms with Crippen molar-refractivity contribution in [3.63, 3.8) is 0 Å². The maximum absolute atomic E-state index is 4.54. The Morgan fingerprint density at radius 2 is 2.28 bits per heavy atom. The van der Waals surface area contributed by atoms with Crippen LogP contribution in [-0.4, -0.2) is 37.1 Å². The molecule has 0 bridgehead atoms. The number of anilines is 1. The van der Waals surface area contributed by atoms with Gasteiger partial charge < -0.3 is 4.90 Å². The summed E-state index contributed by atoms with van der Waals surface area (Å²) in [5.41, 5.74) is 1.40. The SMILES string of the molecule is CCCCN1CCCC1c1cccnc1N(C)C. The van der Waals surface area contributed by atoms with Crippen molar-refractivity contribution in [2.24, 2.45) is 0 Å². The Morgan fingerprint density at radius 1 is 1.44 bits per heavy atom. The Morgan fingerprint density at radius 3 is 3.00 bits per heavy atom. The first-order valence-corrected chi connectivity index (χ1v) is 7.10. The third-order valence-corrected chi connectivity index (χ3v) is 3.76. The Balaban J connectivity index is 2.19. The van der Waals surface area contributed by atoms with Gasteiger partial charge in [-0.25, -0.2) is 4.98 Å². The standard InChI is InChI=1S/C15H25N3/c1-4-5-11-18-12-7-9-14(18)13-8-6-10-16-15(13)17(2)3/h6,8,10,14H,4-5,7,9,11-12H2,1-3H3. The molecule has 0 radical (unpaired) electrons. The van der Waals surface area contributed by atoms with Crippen LogP contribution in [0.4, 0.5) is 5.82 Å². The molecule has 1 aliphatic heterocycles. The van der Waals surface area contributed by atoms with Gasteiger partial charge in [0.1, 0.15) is 5.82 Å². The zero-order valence-corrected chi connectivity index (χ0v) is 11.9. The highest BCUT2D eigenvalue weighted by Gasteiger charge is 2.27. The van der Waals surface area contributed by atoms with Crippen LogP contribution >= 0.6 is 0 Å². The molecular formula is C15H25N3. The summed E-state index contributed by atoms with van der Waals surface area (Å²) in [6.07, 6.45) is 7.06. The van der Waals surface area contributed by atoms with E-state index in [1.165, 1.54) is 44.3 Å². The molecule has 1 aromatic rings. The molecule has 100 valence electrons. The highest BCUT2D eigenvalue weighted by atomic mass is 15.2. The lowest BCUT2D eigenvalue weighted by atomic mass is 10.0. The number of rotatable bonds is 5. The van der Waals surface area contributed by atoms with Crippen molar-refractivity contribution in [3.8, 4) is 0 Å². The molecule has 0 amide bonds. The maximum Gasteiger partial charge on any atom is 0.132 e. The second-order valence-electron chi connectivity index (χ2n) is 5.36. The fourth-order valence-corrected chi connectivity index (χ4v) is 2.85. The molecule has 1 fully saturated rings. The summed E-state index contributed by atoms with van der Waals surface area (Å²) >= 11 is 0. The van der Waals surface area contributed by atoms with Crippen molar-refractivity contribution in [1.82, 2.24) is 9.88 Å². The van der Waals surface area contributed by atoms with E-state index in [2.05, 4.69) is 47.9 Å². The lowest BCUT2D eigenvalue weighted by Crippen LogP contribution is -2.26. The average molecular weight is 247 g/mol. The number of aromatic nitrogens is 1. The van der Waals surface area contributed by atoms with Crippen LogP contribution in [-0.2, 0) is 0 Å². The van der Waals surface area contributed by atoms with Gasteiger partial charge in [-0.2, -0.15) is 0 Å². The second kappa shape index (κ2) is 6.19. The Bertz CT molecular complexity index is 376. The Hall–Kier alpha value is -1.09. The van der Waals surface area contributed by atoms with Crippen LogP contribution < -0.4 is 4.90 Å². The van der Waals surface area contributed by atoms with Crippen LogP contribution in [0.15, 0.2) is 18.3 Å². The zero-order chi connectivity index (χ0) is 13.0. The van der Waals surface area contributed by atoms with Crippen molar-refractivity contribution < 1.29 is 0 Å². The predicted octanol–water partition coefficient (Wildman–Crippen LogP) is 3.08. The van der Waals surface area contributed by atoms with Crippen molar-refractivity contribution in [3.05, 3.63) is 23.9 Å². The number of likely N-dealkylation sites (tertiary alicyclic amines) is 1. The first-order valence-electron chi connectivity index (χ1n) is 7.10. The Kier molecular flexibility index (Phi) is 4.59. The van der Waals surface area contributed by atoms with E-state index in [4.69, 9.17) is 0 Å². The summed E-state index contributed by atoms with van der Waals surface area (Å²) in [5, 5.41) is 0. The Labute approximate surface area is 111 Å². The quantitative estimate of drug-likeness (QED) is 0.797. The van der Waals surface area contributed by atoms with Crippen LogP contribution in [0, 0.1) is 0 Å².